The summed E-state index contributed by atoms with van der Waals surface area (Å²) in [6.07, 6.45) is 0.267. The van der Waals surface area contributed by atoms with Gasteiger partial charge in [-0.3, -0.25) is 14.4 Å². The minimum atomic E-state index is -3.80. The second-order valence-corrected chi connectivity index (χ2v) is 8.92. The number of carbonyl (C=O) groups is 3. The van der Waals surface area contributed by atoms with Crippen LogP contribution < -0.4 is 16.0 Å². The number of sulfonamides is 1. The Morgan fingerprint density at radius 3 is 2.32 bits per heavy atom. The van der Waals surface area contributed by atoms with Crippen LogP contribution in [0.3, 0.4) is 0 Å². The van der Waals surface area contributed by atoms with Crippen LogP contribution in [0, 0.1) is 0 Å². The monoisotopic (exact) mass is 444 g/mol. The van der Waals surface area contributed by atoms with Crippen molar-refractivity contribution >= 4 is 27.7 Å². The van der Waals surface area contributed by atoms with E-state index in [1.807, 2.05) is 30.3 Å². The number of benzene rings is 2. The summed E-state index contributed by atoms with van der Waals surface area (Å²) in [5.74, 6) is -0.860. The average Bonchev–Trinajstić information content (AvgIpc) is 2.77. The molecule has 10 heteroatoms. The molecule has 0 unspecified atom stereocenters. The van der Waals surface area contributed by atoms with Crippen LogP contribution in [0.1, 0.15) is 15.9 Å². The van der Waals surface area contributed by atoms with Gasteiger partial charge in [-0.25, -0.2) is 8.42 Å². The van der Waals surface area contributed by atoms with Gasteiger partial charge < -0.3 is 16.0 Å². The fraction of sp³-hybridized carbons (Fsp3) is 0.286. The molecule has 0 aliphatic carbocycles. The van der Waals surface area contributed by atoms with Gasteiger partial charge in [0.05, 0.1) is 17.9 Å². The largest absolute Gasteiger partial charge is 0.354 e. The Hall–Kier alpha value is -3.24. The Morgan fingerprint density at radius 2 is 1.65 bits per heavy atom. The van der Waals surface area contributed by atoms with Gasteiger partial charge in [0, 0.05) is 31.7 Å². The van der Waals surface area contributed by atoms with Crippen LogP contribution in [0.15, 0.2) is 59.5 Å². The number of hydrogen-bond acceptors (Lipinski definition) is 5. The SMILES string of the molecule is O=C(Cc1ccccc1)NCCNC(=O)c1ccc(S(=O)(=O)N2CCNC(=O)C2)cc1. The molecule has 1 saturated heterocycles. The van der Waals surface area contributed by atoms with E-state index in [1.165, 1.54) is 24.3 Å². The van der Waals surface area contributed by atoms with Gasteiger partial charge in [-0.15, -0.1) is 0 Å². The summed E-state index contributed by atoms with van der Waals surface area (Å²) in [5.41, 5.74) is 1.20. The Labute approximate surface area is 180 Å². The number of amides is 3. The fourth-order valence-electron chi connectivity index (χ4n) is 3.07. The number of rotatable bonds is 8. The third-order valence-electron chi connectivity index (χ3n) is 4.70. The second kappa shape index (κ2) is 10.2. The summed E-state index contributed by atoms with van der Waals surface area (Å²) in [6.45, 7) is 0.760. The van der Waals surface area contributed by atoms with Crippen molar-refractivity contribution in [3.63, 3.8) is 0 Å². The maximum absolute atomic E-state index is 12.6. The van der Waals surface area contributed by atoms with Crippen molar-refractivity contribution in [3.05, 3.63) is 65.7 Å². The van der Waals surface area contributed by atoms with E-state index in [4.69, 9.17) is 0 Å². The van der Waals surface area contributed by atoms with Crippen LogP contribution in [-0.4, -0.2) is 63.2 Å². The zero-order chi connectivity index (χ0) is 22.3. The van der Waals surface area contributed by atoms with E-state index < -0.39 is 10.0 Å². The van der Waals surface area contributed by atoms with E-state index >= 15 is 0 Å². The lowest BCUT2D eigenvalue weighted by Crippen LogP contribution is -2.49. The fourth-order valence-corrected chi connectivity index (χ4v) is 4.47. The number of nitrogens with zero attached hydrogens (tertiary/aromatic N) is 1. The van der Waals surface area contributed by atoms with Crippen molar-refractivity contribution in [2.75, 3.05) is 32.7 Å². The highest BCUT2D eigenvalue weighted by Crippen LogP contribution is 2.17. The van der Waals surface area contributed by atoms with Crippen LogP contribution in [0.5, 0.6) is 0 Å². The molecule has 3 rings (SSSR count). The first-order valence-corrected chi connectivity index (χ1v) is 11.3. The number of carbonyl (C=O) groups excluding carboxylic acids is 3. The van der Waals surface area contributed by atoms with Gasteiger partial charge in [0.15, 0.2) is 0 Å². The highest BCUT2D eigenvalue weighted by atomic mass is 32.2. The van der Waals surface area contributed by atoms with Gasteiger partial charge in [0.25, 0.3) is 5.91 Å². The van der Waals surface area contributed by atoms with Crippen molar-refractivity contribution in [1.82, 2.24) is 20.3 Å². The van der Waals surface area contributed by atoms with Crippen LogP contribution in [0.4, 0.5) is 0 Å². The molecule has 3 amide bonds. The van der Waals surface area contributed by atoms with Crippen LogP contribution in [-0.2, 0) is 26.0 Å². The predicted octanol–water partition coefficient (Wildman–Crippen LogP) is -0.104. The number of nitrogens with one attached hydrogen (secondary N) is 3. The summed E-state index contributed by atoms with van der Waals surface area (Å²) in [5, 5.41) is 7.99. The molecule has 0 radical (unpaired) electrons. The maximum Gasteiger partial charge on any atom is 0.251 e. The Balaban J connectivity index is 1.46. The Bertz CT molecular complexity index is 1040. The van der Waals surface area contributed by atoms with Crippen molar-refractivity contribution in [2.45, 2.75) is 11.3 Å². The molecule has 0 aromatic heterocycles. The topological polar surface area (TPSA) is 125 Å². The summed E-state index contributed by atoms with van der Waals surface area (Å²) in [6, 6.07) is 14.9. The first-order chi connectivity index (χ1) is 14.9. The van der Waals surface area contributed by atoms with Crippen molar-refractivity contribution < 1.29 is 22.8 Å². The van der Waals surface area contributed by atoms with Crippen LogP contribution in [0.25, 0.3) is 0 Å². The Kier molecular flexibility index (Phi) is 7.37. The molecule has 164 valence electrons. The molecular weight excluding hydrogens is 420 g/mol. The van der Waals surface area contributed by atoms with Gasteiger partial charge in [-0.1, -0.05) is 30.3 Å². The molecule has 0 spiro atoms. The van der Waals surface area contributed by atoms with E-state index in [9.17, 15) is 22.8 Å². The molecule has 1 aliphatic rings. The summed E-state index contributed by atoms with van der Waals surface area (Å²) < 4.78 is 26.4. The van der Waals surface area contributed by atoms with Crippen LogP contribution >= 0.6 is 0 Å². The standard InChI is InChI=1S/C21H24N4O5S/c26-19(14-16-4-2-1-3-5-16)22-10-11-24-21(28)17-6-8-18(9-7-17)31(29,30)25-13-12-23-20(27)15-25/h1-9H,10-15H2,(H,22,26)(H,23,27)(H,24,28). The molecule has 2 aromatic carbocycles. The van der Waals surface area contributed by atoms with Crippen molar-refractivity contribution in [2.24, 2.45) is 0 Å². The first-order valence-electron chi connectivity index (χ1n) is 9.82. The summed E-state index contributed by atoms with van der Waals surface area (Å²) in [7, 11) is -3.80. The van der Waals surface area contributed by atoms with Gasteiger partial charge in [-0.2, -0.15) is 4.31 Å². The molecule has 9 nitrogen and oxygen atoms in total. The minimum Gasteiger partial charge on any atom is -0.354 e. The van der Waals surface area contributed by atoms with Gasteiger partial charge in [-0.05, 0) is 29.8 Å². The zero-order valence-electron chi connectivity index (χ0n) is 16.8. The van der Waals surface area contributed by atoms with E-state index in [0.717, 1.165) is 9.87 Å². The molecule has 31 heavy (non-hydrogen) atoms. The quantitative estimate of drug-likeness (QED) is 0.490. The second-order valence-electron chi connectivity index (χ2n) is 6.98. The average molecular weight is 445 g/mol. The number of piperazine rings is 1. The lowest BCUT2D eigenvalue weighted by atomic mass is 10.1. The first kappa shape index (κ1) is 22.4. The normalized spacial score (nSPS) is 14.5. The third kappa shape index (κ3) is 6.12. The highest BCUT2D eigenvalue weighted by molar-refractivity contribution is 7.89. The molecular formula is C21H24N4O5S. The van der Waals surface area contributed by atoms with Gasteiger partial charge >= 0.3 is 0 Å². The molecule has 1 heterocycles. The predicted molar refractivity (Wildman–Crippen MR) is 114 cm³/mol. The van der Waals surface area contributed by atoms with Gasteiger partial charge in [0.1, 0.15) is 0 Å². The molecule has 0 atom stereocenters. The van der Waals surface area contributed by atoms with Crippen molar-refractivity contribution in [1.29, 1.82) is 0 Å². The molecule has 2 aromatic rings. The third-order valence-corrected chi connectivity index (χ3v) is 6.56. The lowest BCUT2D eigenvalue weighted by molar-refractivity contribution is -0.122. The zero-order valence-corrected chi connectivity index (χ0v) is 17.7. The van der Waals surface area contributed by atoms with Crippen molar-refractivity contribution in [3.8, 4) is 0 Å². The molecule has 0 saturated carbocycles. The molecule has 1 fully saturated rings. The molecule has 3 N–H and O–H groups in total. The summed E-state index contributed by atoms with van der Waals surface area (Å²) >= 11 is 0. The van der Waals surface area contributed by atoms with E-state index in [-0.39, 0.29) is 61.8 Å². The molecule has 1 aliphatic heterocycles. The van der Waals surface area contributed by atoms with E-state index in [2.05, 4.69) is 16.0 Å². The van der Waals surface area contributed by atoms with Crippen LogP contribution in [0.2, 0.25) is 0 Å². The van der Waals surface area contributed by atoms with Gasteiger partial charge in [0.2, 0.25) is 21.8 Å². The van der Waals surface area contributed by atoms with E-state index in [0.29, 0.717) is 5.56 Å². The highest BCUT2D eigenvalue weighted by Gasteiger charge is 2.29. The van der Waals surface area contributed by atoms with E-state index in [1.54, 1.807) is 0 Å². The minimum absolute atomic E-state index is 0.0203. The Morgan fingerprint density at radius 1 is 0.968 bits per heavy atom. The number of hydrogen-bond donors (Lipinski definition) is 3. The smallest absolute Gasteiger partial charge is 0.251 e. The summed E-state index contributed by atoms with van der Waals surface area (Å²) in [4.78, 5) is 35.6. The molecule has 0 bridgehead atoms. The maximum atomic E-state index is 12.6. The lowest BCUT2D eigenvalue weighted by Gasteiger charge is -2.25.